The van der Waals surface area contributed by atoms with Crippen molar-refractivity contribution in [1.82, 2.24) is 10.1 Å². The number of benzene rings is 2. The number of nitrogens with zero attached hydrogens (tertiary/aromatic N) is 2. The lowest BCUT2D eigenvalue weighted by Gasteiger charge is -2.03. The van der Waals surface area contributed by atoms with Crippen molar-refractivity contribution in [1.29, 1.82) is 0 Å². The molecule has 0 aliphatic rings. The first-order chi connectivity index (χ1) is 10.3. The number of aromatic nitrogens is 2. The van der Waals surface area contributed by atoms with Crippen LogP contribution in [0.15, 0.2) is 53.1 Å². The maximum Gasteiger partial charge on any atom is 0.260 e. The van der Waals surface area contributed by atoms with Crippen LogP contribution >= 0.6 is 0 Å². The maximum atomic E-state index is 5.39. The van der Waals surface area contributed by atoms with Crippen molar-refractivity contribution in [3.8, 4) is 11.5 Å². The molecule has 0 fully saturated rings. The van der Waals surface area contributed by atoms with E-state index in [1.54, 1.807) is 0 Å². The van der Waals surface area contributed by atoms with Crippen LogP contribution < -0.4 is 5.32 Å². The summed E-state index contributed by atoms with van der Waals surface area (Å²) in [7, 11) is 1.88. The van der Waals surface area contributed by atoms with Gasteiger partial charge in [-0.25, -0.2) is 0 Å². The third-order valence-corrected chi connectivity index (χ3v) is 3.34. The van der Waals surface area contributed by atoms with E-state index >= 15 is 0 Å². The molecule has 0 atom stereocenters. The van der Waals surface area contributed by atoms with E-state index in [2.05, 4.69) is 40.6 Å². The van der Waals surface area contributed by atoms with Gasteiger partial charge in [0.2, 0.25) is 0 Å². The predicted octanol–water partition coefficient (Wildman–Crippen LogP) is 3.68. The average Bonchev–Trinajstić information content (AvgIpc) is 2.95. The summed E-state index contributed by atoms with van der Waals surface area (Å²) >= 11 is 0. The molecule has 0 unspecified atom stereocenters. The van der Waals surface area contributed by atoms with Gasteiger partial charge < -0.3 is 9.84 Å². The number of nitrogens with one attached hydrogen (secondary N) is 1. The second kappa shape index (κ2) is 5.79. The van der Waals surface area contributed by atoms with Crippen molar-refractivity contribution >= 4 is 5.69 Å². The molecule has 4 heteroatoms. The van der Waals surface area contributed by atoms with Crippen LogP contribution in [-0.4, -0.2) is 17.2 Å². The number of hydrogen-bond donors (Lipinski definition) is 1. The minimum absolute atomic E-state index is 0.544. The van der Waals surface area contributed by atoms with Crippen LogP contribution in [0.1, 0.15) is 17.0 Å². The van der Waals surface area contributed by atoms with Crippen LogP contribution in [0.2, 0.25) is 0 Å². The highest BCUT2D eigenvalue weighted by molar-refractivity contribution is 5.72. The molecule has 3 aromatic rings. The molecule has 0 radical (unpaired) electrons. The van der Waals surface area contributed by atoms with E-state index in [9.17, 15) is 0 Å². The summed E-state index contributed by atoms with van der Waals surface area (Å²) in [4.78, 5) is 4.50. The summed E-state index contributed by atoms with van der Waals surface area (Å²) in [5.41, 5.74) is 4.31. The molecule has 0 bridgehead atoms. The maximum absolute atomic E-state index is 5.39. The first kappa shape index (κ1) is 13.4. The van der Waals surface area contributed by atoms with Crippen molar-refractivity contribution in [2.45, 2.75) is 13.3 Å². The van der Waals surface area contributed by atoms with Crippen molar-refractivity contribution in [3.05, 3.63) is 65.5 Å². The second-order valence-electron chi connectivity index (χ2n) is 4.98. The number of hydrogen-bond acceptors (Lipinski definition) is 4. The molecule has 0 aliphatic carbocycles. The van der Waals surface area contributed by atoms with Crippen LogP contribution in [0.5, 0.6) is 0 Å². The highest BCUT2D eigenvalue weighted by atomic mass is 16.5. The van der Waals surface area contributed by atoms with Crippen molar-refractivity contribution in [2.75, 3.05) is 12.4 Å². The van der Waals surface area contributed by atoms with E-state index in [4.69, 9.17) is 4.52 Å². The largest absolute Gasteiger partial charge is 0.387 e. The van der Waals surface area contributed by atoms with Crippen LogP contribution in [0.4, 0.5) is 5.69 Å². The molecular weight excluding hydrogens is 262 g/mol. The summed E-state index contributed by atoms with van der Waals surface area (Å²) in [6.45, 7) is 2.08. The van der Waals surface area contributed by atoms with Gasteiger partial charge in [-0.05, 0) is 24.6 Å². The number of para-hydroxylation sites is 1. The minimum atomic E-state index is 0.544. The highest BCUT2D eigenvalue weighted by Crippen LogP contribution is 2.26. The van der Waals surface area contributed by atoms with E-state index < -0.39 is 0 Å². The third-order valence-electron chi connectivity index (χ3n) is 3.34. The Labute approximate surface area is 123 Å². The van der Waals surface area contributed by atoms with E-state index in [-0.39, 0.29) is 0 Å². The first-order valence-corrected chi connectivity index (χ1v) is 6.91. The van der Waals surface area contributed by atoms with Crippen LogP contribution in [0.3, 0.4) is 0 Å². The molecule has 1 aromatic heterocycles. The summed E-state index contributed by atoms with van der Waals surface area (Å²) in [5, 5.41) is 7.21. The summed E-state index contributed by atoms with van der Waals surface area (Å²) in [6, 6.07) is 16.2. The van der Waals surface area contributed by atoms with Gasteiger partial charge in [-0.1, -0.05) is 47.1 Å². The molecule has 2 aromatic carbocycles. The lowest BCUT2D eigenvalue weighted by molar-refractivity contribution is 0.424. The number of anilines is 1. The van der Waals surface area contributed by atoms with E-state index in [1.165, 1.54) is 11.1 Å². The zero-order valence-electron chi connectivity index (χ0n) is 12.1. The molecular formula is C17H17N3O. The molecule has 1 heterocycles. The zero-order valence-corrected chi connectivity index (χ0v) is 12.1. The number of aryl methyl sites for hydroxylation is 1. The summed E-state index contributed by atoms with van der Waals surface area (Å²) in [5.74, 6) is 1.24. The van der Waals surface area contributed by atoms with E-state index in [0.717, 1.165) is 11.3 Å². The predicted molar refractivity (Wildman–Crippen MR) is 83.3 cm³/mol. The Balaban J connectivity index is 1.86. The Morgan fingerprint density at radius 2 is 1.95 bits per heavy atom. The normalized spacial score (nSPS) is 10.6. The average molecular weight is 279 g/mol. The van der Waals surface area contributed by atoms with Gasteiger partial charge in [-0.3, -0.25) is 0 Å². The van der Waals surface area contributed by atoms with Gasteiger partial charge in [0.25, 0.3) is 5.89 Å². The Morgan fingerprint density at radius 1 is 1.10 bits per heavy atom. The fraction of sp³-hybridized carbons (Fsp3) is 0.176. The Bertz CT molecular complexity index is 749. The fourth-order valence-electron chi connectivity index (χ4n) is 2.33. The Morgan fingerprint density at radius 3 is 2.76 bits per heavy atom. The molecule has 106 valence electrons. The molecule has 0 saturated heterocycles. The highest BCUT2D eigenvalue weighted by Gasteiger charge is 2.12. The van der Waals surface area contributed by atoms with Crippen molar-refractivity contribution in [2.24, 2.45) is 0 Å². The zero-order chi connectivity index (χ0) is 14.7. The van der Waals surface area contributed by atoms with Gasteiger partial charge in [-0.15, -0.1) is 0 Å². The second-order valence-corrected chi connectivity index (χ2v) is 4.98. The van der Waals surface area contributed by atoms with Crippen LogP contribution in [0.25, 0.3) is 11.5 Å². The SMILES string of the molecule is CNc1ccccc1-c1nc(Cc2cccc(C)c2)no1. The van der Waals surface area contributed by atoms with Crippen LogP contribution in [-0.2, 0) is 6.42 Å². The van der Waals surface area contributed by atoms with E-state index in [1.807, 2.05) is 37.4 Å². The smallest absolute Gasteiger partial charge is 0.260 e. The Kier molecular flexibility index (Phi) is 3.69. The molecule has 1 N–H and O–H groups in total. The van der Waals surface area contributed by atoms with Gasteiger partial charge in [0, 0.05) is 19.2 Å². The van der Waals surface area contributed by atoms with Gasteiger partial charge in [0.05, 0.1) is 5.56 Å². The summed E-state index contributed by atoms with van der Waals surface area (Å²) in [6.07, 6.45) is 0.674. The van der Waals surface area contributed by atoms with Gasteiger partial charge in [-0.2, -0.15) is 4.98 Å². The third kappa shape index (κ3) is 2.94. The minimum Gasteiger partial charge on any atom is -0.387 e. The molecule has 0 amide bonds. The van der Waals surface area contributed by atoms with E-state index in [0.29, 0.717) is 18.1 Å². The lowest BCUT2D eigenvalue weighted by Crippen LogP contribution is -1.93. The fourth-order valence-corrected chi connectivity index (χ4v) is 2.33. The summed E-state index contributed by atoms with van der Waals surface area (Å²) < 4.78 is 5.39. The van der Waals surface area contributed by atoms with Gasteiger partial charge >= 0.3 is 0 Å². The standard InChI is InChI=1S/C17H17N3O/c1-12-6-5-7-13(10-12)11-16-19-17(21-20-16)14-8-3-4-9-15(14)18-2/h3-10,18H,11H2,1-2H3. The molecule has 21 heavy (non-hydrogen) atoms. The Hall–Kier alpha value is -2.62. The molecule has 0 aliphatic heterocycles. The quantitative estimate of drug-likeness (QED) is 0.791. The first-order valence-electron chi connectivity index (χ1n) is 6.91. The monoisotopic (exact) mass is 279 g/mol. The molecule has 4 nitrogen and oxygen atoms in total. The van der Waals surface area contributed by atoms with Crippen LogP contribution in [0, 0.1) is 6.92 Å². The van der Waals surface area contributed by atoms with Crippen molar-refractivity contribution < 1.29 is 4.52 Å². The number of rotatable bonds is 4. The molecule has 0 saturated carbocycles. The molecule has 0 spiro atoms. The topological polar surface area (TPSA) is 51.0 Å². The van der Waals surface area contributed by atoms with Gasteiger partial charge in [0.1, 0.15) is 0 Å². The van der Waals surface area contributed by atoms with Crippen molar-refractivity contribution in [3.63, 3.8) is 0 Å². The lowest BCUT2D eigenvalue weighted by atomic mass is 10.1. The molecule has 3 rings (SSSR count). The van der Waals surface area contributed by atoms with Gasteiger partial charge in [0.15, 0.2) is 5.82 Å².